The standard InChI is InChI=1S/C13H24N2O2/c1-4-7-11(6-3)15-10-12(16)14(8-5-2)9-13(15)17/h11H,4-10H2,1-3H3. The molecule has 0 aromatic rings. The molecular formula is C13H24N2O2. The number of hydrogen-bond acceptors (Lipinski definition) is 2. The normalized spacial score (nSPS) is 18.8. The largest absolute Gasteiger partial charge is 0.332 e. The van der Waals surface area contributed by atoms with Crippen molar-refractivity contribution in [2.75, 3.05) is 19.6 Å². The van der Waals surface area contributed by atoms with E-state index in [4.69, 9.17) is 0 Å². The van der Waals surface area contributed by atoms with Gasteiger partial charge in [-0.05, 0) is 19.3 Å². The van der Waals surface area contributed by atoms with E-state index in [-0.39, 0.29) is 30.9 Å². The first-order valence-electron chi connectivity index (χ1n) is 6.71. The molecule has 1 rings (SSSR count). The Hall–Kier alpha value is -1.06. The van der Waals surface area contributed by atoms with Crippen molar-refractivity contribution in [1.82, 2.24) is 9.80 Å². The maximum atomic E-state index is 12.0. The van der Waals surface area contributed by atoms with Gasteiger partial charge in [0.1, 0.15) is 6.54 Å². The fourth-order valence-electron chi connectivity index (χ4n) is 2.40. The average molecular weight is 240 g/mol. The Bertz CT molecular complexity index is 279. The van der Waals surface area contributed by atoms with Crippen LogP contribution in [0.5, 0.6) is 0 Å². The second kappa shape index (κ2) is 6.62. The average Bonchev–Trinajstić information content (AvgIpc) is 2.31. The Kier molecular flexibility index (Phi) is 5.45. The van der Waals surface area contributed by atoms with Crippen LogP contribution in [0.1, 0.15) is 46.5 Å². The minimum absolute atomic E-state index is 0.0982. The van der Waals surface area contributed by atoms with Gasteiger partial charge in [-0.15, -0.1) is 0 Å². The van der Waals surface area contributed by atoms with Crippen LogP contribution in [0.4, 0.5) is 0 Å². The quantitative estimate of drug-likeness (QED) is 0.708. The van der Waals surface area contributed by atoms with Crippen LogP contribution in [0.3, 0.4) is 0 Å². The zero-order valence-electron chi connectivity index (χ0n) is 11.2. The highest BCUT2D eigenvalue weighted by molar-refractivity contribution is 5.92. The molecule has 0 aromatic carbocycles. The number of hydrogen-bond donors (Lipinski definition) is 0. The molecule has 0 bridgehead atoms. The zero-order chi connectivity index (χ0) is 12.8. The third-order valence-electron chi connectivity index (χ3n) is 3.33. The van der Waals surface area contributed by atoms with Crippen LogP contribution < -0.4 is 0 Å². The number of amides is 2. The first-order valence-corrected chi connectivity index (χ1v) is 6.71. The van der Waals surface area contributed by atoms with Crippen LogP contribution in [0.15, 0.2) is 0 Å². The monoisotopic (exact) mass is 240 g/mol. The van der Waals surface area contributed by atoms with Gasteiger partial charge in [-0.25, -0.2) is 0 Å². The van der Waals surface area contributed by atoms with E-state index in [1.165, 1.54) is 0 Å². The fourth-order valence-corrected chi connectivity index (χ4v) is 2.40. The number of carbonyl (C=O) groups is 2. The minimum Gasteiger partial charge on any atom is -0.332 e. The van der Waals surface area contributed by atoms with Crippen molar-refractivity contribution in [1.29, 1.82) is 0 Å². The van der Waals surface area contributed by atoms with Crippen LogP contribution in [0.2, 0.25) is 0 Å². The van der Waals surface area contributed by atoms with Gasteiger partial charge in [0.15, 0.2) is 0 Å². The molecule has 1 unspecified atom stereocenters. The van der Waals surface area contributed by atoms with Gasteiger partial charge in [0.05, 0.1) is 6.54 Å². The Morgan fingerprint density at radius 3 is 2.29 bits per heavy atom. The summed E-state index contributed by atoms with van der Waals surface area (Å²) in [6.07, 6.45) is 3.88. The molecule has 0 radical (unpaired) electrons. The fraction of sp³-hybridized carbons (Fsp3) is 0.846. The van der Waals surface area contributed by atoms with Crippen LogP contribution in [-0.4, -0.2) is 47.3 Å². The van der Waals surface area contributed by atoms with Crippen molar-refractivity contribution >= 4 is 11.8 Å². The second-order valence-corrected chi connectivity index (χ2v) is 4.69. The summed E-state index contributed by atoms with van der Waals surface area (Å²) in [6, 6.07) is 0.236. The van der Waals surface area contributed by atoms with Crippen molar-refractivity contribution in [2.45, 2.75) is 52.5 Å². The molecule has 0 aliphatic carbocycles. The van der Waals surface area contributed by atoms with Gasteiger partial charge in [0, 0.05) is 12.6 Å². The lowest BCUT2D eigenvalue weighted by atomic mass is 10.1. The van der Waals surface area contributed by atoms with E-state index in [1.807, 2.05) is 6.92 Å². The summed E-state index contributed by atoms with van der Waals surface area (Å²) in [5.41, 5.74) is 0. The summed E-state index contributed by atoms with van der Waals surface area (Å²) >= 11 is 0. The van der Waals surface area contributed by atoms with E-state index in [0.29, 0.717) is 6.54 Å². The molecule has 4 heteroatoms. The molecule has 17 heavy (non-hydrogen) atoms. The van der Waals surface area contributed by atoms with Gasteiger partial charge in [0.2, 0.25) is 11.8 Å². The smallest absolute Gasteiger partial charge is 0.242 e. The van der Waals surface area contributed by atoms with E-state index in [9.17, 15) is 9.59 Å². The van der Waals surface area contributed by atoms with Crippen molar-refractivity contribution in [2.24, 2.45) is 0 Å². The van der Waals surface area contributed by atoms with Crippen LogP contribution in [-0.2, 0) is 9.59 Å². The van der Waals surface area contributed by atoms with E-state index >= 15 is 0 Å². The maximum Gasteiger partial charge on any atom is 0.242 e. The first kappa shape index (κ1) is 14.0. The van der Waals surface area contributed by atoms with Crippen LogP contribution in [0, 0.1) is 0 Å². The van der Waals surface area contributed by atoms with Gasteiger partial charge >= 0.3 is 0 Å². The molecule has 1 aliphatic heterocycles. The first-order chi connectivity index (χ1) is 8.13. The number of rotatable bonds is 6. The molecule has 1 aliphatic rings. The molecule has 1 atom stereocenters. The molecule has 0 saturated carbocycles. The van der Waals surface area contributed by atoms with Crippen LogP contribution >= 0.6 is 0 Å². The number of carbonyl (C=O) groups excluding carboxylic acids is 2. The molecule has 98 valence electrons. The maximum absolute atomic E-state index is 12.0. The highest BCUT2D eigenvalue weighted by Crippen LogP contribution is 2.15. The third kappa shape index (κ3) is 3.45. The Morgan fingerprint density at radius 2 is 1.76 bits per heavy atom. The predicted molar refractivity (Wildman–Crippen MR) is 67.6 cm³/mol. The summed E-state index contributed by atoms with van der Waals surface area (Å²) in [4.78, 5) is 27.4. The molecule has 0 spiro atoms. The SMILES string of the molecule is CCCC(CC)N1CC(=O)N(CCC)CC1=O. The highest BCUT2D eigenvalue weighted by Gasteiger charge is 2.32. The number of nitrogens with zero attached hydrogens (tertiary/aromatic N) is 2. The lowest BCUT2D eigenvalue weighted by molar-refractivity contribution is -0.152. The highest BCUT2D eigenvalue weighted by atomic mass is 16.2. The minimum atomic E-state index is 0.0982. The Labute approximate surface area is 104 Å². The topological polar surface area (TPSA) is 40.6 Å². The molecule has 1 fully saturated rings. The summed E-state index contributed by atoms with van der Waals surface area (Å²) in [7, 11) is 0. The van der Waals surface area contributed by atoms with E-state index in [1.54, 1.807) is 9.80 Å². The molecule has 1 saturated heterocycles. The van der Waals surface area contributed by atoms with Gasteiger partial charge < -0.3 is 9.80 Å². The summed E-state index contributed by atoms with van der Waals surface area (Å²) < 4.78 is 0. The lowest BCUT2D eigenvalue weighted by Gasteiger charge is -2.38. The van der Waals surface area contributed by atoms with Crippen molar-refractivity contribution in [3.63, 3.8) is 0 Å². The second-order valence-electron chi connectivity index (χ2n) is 4.69. The summed E-state index contributed by atoms with van der Waals surface area (Å²) in [5.74, 6) is 0.208. The van der Waals surface area contributed by atoms with E-state index in [0.717, 1.165) is 25.7 Å². The molecular weight excluding hydrogens is 216 g/mol. The van der Waals surface area contributed by atoms with Crippen molar-refractivity contribution < 1.29 is 9.59 Å². The predicted octanol–water partition coefficient (Wildman–Crippen LogP) is 1.65. The molecule has 4 nitrogen and oxygen atoms in total. The number of piperazine rings is 1. The summed E-state index contributed by atoms with van der Waals surface area (Å²) in [5, 5.41) is 0. The molecule has 0 aromatic heterocycles. The third-order valence-corrected chi connectivity index (χ3v) is 3.33. The van der Waals surface area contributed by atoms with Gasteiger partial charge in [-0.1, -0.05) is 27.2 Å². The van der Waals surface area contributed by atoms with Gasteiger partial charge in [0.25, 0.3) is 0 Å². The Balaban J connectivity index is 2.65. The van der Waals surface area contributed by atoms with Crippen molar-refractivity contribution in [3.05, 3.63) is 0 Å². The van der Waals surface area contributed by atoms with Crippen molar-refractivity contribution in [3.8, 4) is 0 Å². The summed E-state index contributed by atoms with van der Waals surface area (Å²) in [6.45, 7) is 7.46. The van der Waals surface area contributed by atoms with Gasteiger partial charge in [-0.2, -0.15) is 0 Å². The molecule has 1 heterocycles. The Morgan fingerprint density at radius 1 is 1.06 bits per heavy atom. The van der Waals surface area contributed by atoms with E-state index in [2.05, 4.69) is 13.8 Å². The molecule has 2 amide bonds. The van der Waals surface area contributed by atoms with E-state index < -0.39 is 0 Å². The molecule has 0 N–H and O–H groups in total. The van der Waals surface area contributed by atoms with Crippen LogP contribution in [0.25, 0.3) is 0 Å². The zero-order valence-corrected chi connectivity index (χ0v) is 11.2. The lowest BCUT2D eigenvalue weighted by Crippen LogP contribution is -2.56. The van der Waals surface area contributed by atoms with Gasteiger partial charge in [-0.3, -0.25) is 9.59 Å².